The Hall–Kier alpha value is -3.93. The van der Waals surface area contributed by atoms with Gasteiger partial charge in [-0.25, -0.2) is 9.97 Å². The molecule has 0 atom stereocenters. The standard InChI is InChI=1S/C23H20N6/c1-14-15(2)27-21-11-17(5-8-20(14)21)23-24-10-9-22(29-23)28-19-6-3-16(4-7-19)18-12-25-26-13-18/h3-13,27H,1-2H3,(H,25,26)(H,24,28,29). The van der Waals surface area contributed by atoms with Crippen LogP contribution in [0.15, 0.2) is 67.1 Å². The second-order valence-corrected chi connectivity index (χ2v) is 7.09. The van der Waals surface area contributed by atoms with Crippen molar-refractivity contribution in [1.82, 2.24) is 25.1 Å². The number of aromatic amines is 2. The van der Waals surface area contributed by atoms with E-state index in [9.17, 15) is 0 Å². The predicted octanol–water partition coefficient (Wildman–Crippen LogP) is 5.38. The molecule has 0 fully saturated rings. The van der Waals surface area contributed by atoms with Gasteiger partial charge >= 0.3 is 0 Å². The van der Waals surface area contributed by atoms with Crippen LogP contribution in [0.5, 0.6) is 0 Å². The third-order valence-electron chi connectivity index (χ3n) is 5.21. The van der Waals surface area contributed by atoms with Gasteiger partial charge in [-0.3, -0.25) is 5.10 Å². The molecule has 6 heteroatoms. The van der Waals surface area contributed by atoms with Gasteiger partial charge in [0.1, 0.15) is 5.82 Å². The van der Waals surface area contributed by atoms with Gasteiger partial charge in [-0.1, -0.05) is 24.3 Å². The maximum Gasteiger partial charge on any atom is 0.161 e. The highest BCUT2D eigenvalue weighted by Crippen LogP contribution is 2.27. The summed E-state index contributed by atoms with van der Waals surface area (Å²) in [6, 6.07) is 16.3. The predicted molar refractivity (Wildman–Crippen MR) is 116 cm³/mol. The largest absolute Gasteiger partial charge is 0.358 e. The van der Waals surface area contributed by atoms with Crippen LogP contribution in [0.1, 0.15) is 11.3 Å². The summed E-state index contributed by atoms with van der Waals surface area (Å²) in [5.74, 6) is 1.45. The first-order chi connectivity index (χ1) is 14.2. The summed E-state index contributed by atoms with van der Waals surface area (Å²) in [6.07, 6.45) is 5.46. The molecule has 6 nitrogen and oxygen atoms in total. The number of aromatic nitrogens is 5. The van der Waals surface area contributed by atoms with Crippen molar-refractivity contribution in [1.29, 1.82) is 0 Å². The molecule has 3 heterocycles. The summed E-state index contributed by atoms with van der Waals surface area (Å²) in [5.41, 5.74) is 7.69. The Bertz CT molecular complexity index is 1280. The lowest BCUT2D eigenvalue weighted by molar-refractivity contribution is 1.09. The Labute approximate surface area is 168 Å². The van der Waals surface area contributed by atoms with Crippen molar-refractivity contribution in [2.45, 2.75) is 13.8 Å². The highest BCUT2D eigenvalue weighted by molar-refractivity contribution is 5.87. The molecule has 0 amide bonds. The van der Waals surface area contributed by atoms with Gasteiger partial charge in [0.15, 0.2) is 5.82 Å². The Morgan fingerprint density at radius 1 is 0.897 bits per heavy atom. The van der Waals surface area contributed by atoms with Crippen LogP contribution < -0.4 is 5.32 Å². The fourth-order valence-corrected chi connectivity index (χ4v) is 3.48. The second kappa shape index (κ2) is 6.91. The molecule has 0 aliphatic carbocycles. The molecule has 3 N–H and O–H groups in total. The summed E-state index contributed by atoms with van der Waals surface area (Å²) in [5, 5.41) is 11.4. The van der Waals surface area contributed by atoms with Crippen LogP contribution >= 0.6 is 0 Å². The number of rotatable bonds is 4. The van der Waals surface area contributed by atoms with Gasteiger partial charge in [0.2, 0.25) is 0 Å². The normalized spacial score (nSPS) is 11.1. The number of H-pyrrole nitrogens is 2. The van der Waals surface area contributed by atoms with E-state index in [4.69, 9.17) is 4.98 Å². The molecular weight excluding hydrogens is 360 g/mol. The smallest absolute Gasteiger partial charge is 0.161 e. The summed E-state index contributed by atoms with van der Waals surface area (Å²) in [7, 11) is 0. The van der Waals surface area contributed by atoms with E-state index in [-0.39, 0.29) is 0 Å². The average Bonchev–Trinajstić information content (AvgIpc) is 3.37. The molecule has 29 heavy (non-hydrogen) atoms. The molecule has 142 valence electrons. The molecule has 0 aliphatic heterocycles. The highest BCUT2D eigenvalue weighted by atomic mass is 15.1. The van der Waals surface area contributed by atoms with E-state index < -0.39 is 0 Å². The van der Waals surface area contributed by atoms with E-state index in [0.29, 0.717) is 5.82 Å². The van der Waals surface area contributed by atoms with E-state index in [1.165, 1.54) is 16.6 Å². The number of hydrogen-bond donors (Lipinski definition) is 3. The molecule has 0 aliphatic rings. The third-order valence-corrected chi connectivity index (χ3v) is 5.21. The lowest BCUT2D eigenvalue weighted by Crippen LogP contribution is -1.96. The van der Waals surface area contributed by atoms with Crippen LogP contribution in [0.2, 0.25) is 0 Å². The molecule has 3 aromatic heterocycles. The molecule has 0 bridgehead atoms. The lowest BCUT2D eigenvalue weighted by Gasteiger charge is -2.08. The summed E-state index contributed by atoms with van der Waals surface area (Å²) in [6.45, 7) is 4.22. The van der Waals surface area contributed by atoms with Gasteiger partial charge in [0, 0.05) is 45.8 Å². The quantitative estimate of drug-likeness (QED) is 0.391. The molecule has 5 aromatic rings. The van der Waals surface area contributed by atoms with Gasteiger partial charge in [-0.2, -0.15) is 5.10 Å². The van der Waals surface area contributed by atoms with Crippen LogP contribution in [0, 0.1) is 13.8 Å². The van der Waals surface area contributed by atoms with Crippen molar-refractivity contribution >= 4 is 22.4 Å². The molecule has 5 rings (SSSR count). The Kier molecular flexibility index (Phi) is 4.09. The summed E-state index contributed by atoms with van der Waals surface area (Å²) in [4.78, 5) is 12.6. The number of nitrogens with zero attached hydrogens (tertiary/aromatic N) is 3. The lowest BCUT2D eigenvalue weighted by atomic mass is 10.1. The maximum absolute atomic E-state index is 4.70. The topological polar surface area (TPSA) is 82.3 Å². The van der Waals surface area contributed by atoms with Crippen LogP contribution in [0.25, 0.3) is 33.4 Å². The molecule has 2 aromatic carbocycles. The van der Waals surface area contributed by atoms with Gasteiger partial charge in [-0.15, -0.1) is 0 Å². The highest BCUT2D eigenvalue weighted by Gasteiger charge is 2.08. The zero-order valence-corrected chi connectivity index (χ0v) is 16.2. The Morgan fingerprint density at radius 2 is 1.72 bits per heavy atom. The molecule has 0 spiro atoms. The molecule has 0 radical (unpaired) electrons. The van der Waals surface area contributed by atoms with Gasteiger partial charge < -0.3 is 10.3 Å². The Balaban J connectivity index is 1.41. The number of hydrogen-bond acceptors (Lipinski definition) is 4. The van der Waals surface area contributed by atoms with Crippen molar-refractivity contribution in [2.24, 2.45) is 0 Å². The summed E-state index contributed by atoms with van der Waals surface area (Å²) >= 11 is 0. The third kappa shape index (κ3) is 3.25. The minimum Gasteiger partial charge on any atom is -0.358 e. The average molecular weight is 380 g/mol. The van der Waals surface area contributed by atoms with Crippen LogP contribution in [0.3, 0.4) is 0 Å². The fourth-order valence-electron chi connectivity index (χ4n) is 3.48. The number of anilines is 2. The fraction of sp³-hybridized carbons (Fsp3) is 0.0870. The van der Waals surface area contributed by atoms with E-state index in [1.807, 2.05) is 30.6 Å². The van der Waals surface area contributed by atoms with Crippen LogP contribution in [0.4, 0.5) is 11.5 Å². The van der Waals surface area contributed by atoms with Gasteiger partial charge in [-0.05, 0) is 49.2 Å². The minimum absolute atomic E-state index is 0.692. The van der Waals surface area contributed by atoms with Crippen molar-refractivity contribution in [2.75, 3.05) is 5.32 Å². The van der Waals surface area contributed by atoms with Crippen molar-refractivity contribution in [3.05, 3.63) is 78.4 Å². The maximum atomic E-state index is 4.70. The first kappa shape index (κ1) is 17.2. The molecular formula is C23H20N6. The minimum atomic E-state index is 0.692. The second-order valence-electron chi connectivity index (χ2n) is 7.09. The summed E-state index contributed by atoms with van der Waals surface area (Å²) < 4.78 is 0. The van der Waals surface area contributed by atoms with E-state index in [1.54, 1.807) is 6.20 Å². The van der Waals surface area contributed by atoms with E-state index >= 15 is 0 Å². The van der Waals surface area contributed by atoms with Crippen molar-refractivity contribution in [3.8, 4) is 22.5 Å². The number of benzene rings is 2. The molecule has 0 unspecified atom stereocenters. The van der Waals surface area contributed by atoms with E-state index in [2.05, 4.69) is 69.7 Å². The Morgan fingerprint density at radius 3 is 2.52 bits per heavy atom. The number of aryl methyl sites for hydroxylation is 2. The van der Waals surface area contributed by atoms with Crippen LogP contribution in [-0.2, 0) is 0 Å². The zero-order chi connectivity index (χ0) is 19.8. The monoisotopic (exact) mass is 380 g/mol. The van der Waals surface area contributed by atoms with Gasteiger partial charge in [0.05, 0.1) is 6.20 Å². The first-order valence-corrected chi connectivity index (χ1v) is 9.46. The van der Waals surface area contributed by atoms with Crippen molar-refractivity contribution in [3.63, 3.8) is 0 Å². The number of fused-ring (bicyclic) bond motifs is 1. The number of nitrogens with one attached hydrogen (secondary N) is 3. The van der Waals surface area contributed by atoms with E-state index in [0.717, 1.165) is 33.7 Å². The molecule has 0 saturated heterocycles. The first-order valence-electron chi connectivity index (χ1n) is 9.46. The molecule has 0 saturated carbocycles. The van der Waals surface area contributed by atoms with Gasteiger partial charge in [0.25, 0.3) is 0 Å². The van der Waals surface area contributed by atoms with Crippen LogP contribution in [-0.4, -0.2) is 25.1 Å². The zero-order valence-electron chi connectivity index (χ0n) is 16.2. The SMILES string of the molecule is Cc1[nH]c2cc(-c3nccc(Nc4ccc(-c5cn[nH]c5)cc4)n3)ccc2c1C. The van der Waals surface area contributed by atoms with Crippen molar-refractivity contribution < 1.29 is 0 Å².